The zero-order valence-corrected chi connectivity index (χ0v) is 13.7. The van der Waals surface area contributed by atoms with Crippen LogP contribution >= 0.6 is 15.9 Å². The van der Waals surface area contributed by atoms with Gasteiger partial charge in [-0.1, -0.05) is 54.0 Å². The fraction of sp³-hybridized carbons (Fsp3) is 0.588. The van der Waals surface area contributed by atoms with Gasteiger partial charge in [0.1, 0.15) is 0 Å². The van der Waals surface area contributed by atoms with Crippen molar-refractivity contribution >= 4 is 21.8 Å². The number of alkyl halides is 1. The lowest BCUT2D eigenvalue weighted by atomic mass is 9.92. The fourth-order valence-corrected chi connectivity index (χ4v) is 3.64. The van der Waals surface area contributed by atoms with Crippen molar-refractivity contribution in [2.75, 3.05) is 6.54 Å². The van der Waals surface area contributed by atoms with Crippen LogP contribution in [-0.2, 0) is 11.2 Å². The van der Waals surface area contributed by atoms with Crippen molar-refractivity contribution < 1.29 is 4.79 Å². The molecule has 3 rings (SSSR count). The van der Waals surface area contributed by atoms with E-state index in [1.54, 1.807) is 0 Å². The number of halogens is 1. The van der Waals surface area contributed by atoms with E-state index in [9.17, 15) is 4.79 Å². The van der Waals surface area contributed by atoms with Crippen LogP contribution < -0.4 is 5.32 Å². The first-order valence-corrected chi connectivity index (χ1v) is 8.50. The lowest BCUT2D eigenvalue weighted by Crippen LogP contribution is -2.33. The Hall–Kier alpha value is -0.830. The second-order valence-corrected chi connectivity index (χ2v) is 7.63. The number of hydrogen-bond donors (Lipinski definition) is 1. The van der Waals surface area contributed by atoms with Gasteiger partial charge in [-0.25, -0.2) is 0 Å². The van der Waals surface area contributed by atoms with E-state index < -0.39 is 0 Å². The van der Waals surface area contributed by atoms with Gasteiger partial charge in [0.05, 0.1) is 0 Å². The van der Waals surface area contributed by atoms with Crippen LogP contribution in [0.5, 0.6) is 0 Å². The number of aryl methyl sites for hydroxylation is 1. The van der Waals surface area contributed by atoms with Crippen molar-refractivity contribution in [3.05, 3.63) is 35.4 Å². The van der Waals surface area contributed by atoms with Crippen molar-refractivity contribution in [1.82, 2.24) is 5.32 Å². The molecule has 2 aliphatic carbocycles. The molecule has 1 aromatic rings. The summed E-state index contributed by atoms with van der Waals surface area (Å²) in [5, 5.41) is 3.13. The topological polar surface area (TPSA) is 29.1 Å². The lowest BCUT2D eigenvalue weighted by molar-refractivity contribution is -0.122. The minimum atomic E-state index is 0.213. The maximum Gasteiger partial charge on any atom is 0.224 e. The van der Waals surface area contributed by atoms with E-state index in [1.807, 2.05) is 0 Å². The van der Waals surface area contributed by atoms with E-state index in [2.05, 4.69) is 59.4 Å². The first-order chi connectivity index (χ1) is 9.59. The lowest BCUT2D eigenvalue weighted by Gasteiger charge is -2.14. The number of hydrogen-bond acceptors (Lipinski definition) is 1. The van der Waals surface area contributed by atoms with E-state index >= 15 is 0 Å². The molecule has 2 aliphatic rings. The molecule has 20 heavy (non-hydrogen) atoms. The fourth-order valence-electron chi connectivity index (χ4n) is 3.48. The molecular formula is C17H22BrNO. The molecule has 4 atom stereocenters. The summed E-state index contributed by atoms with van der Waals surface area (Å²) in [5.41, 5.74) is 2.87. The van der Waals surface area contributed by atoms with Crippen LogP contribution in [0.15, 0.2) is 24.3 Å². The average Bonchev–Trinajstić information content (AvgIpc) is 3.19. The van der Waals surface area contributed by atoms with Gasteiger partial charge in [0.25, 0.3) is 0 Å². The summed E-state index contributed by atoms with van der Waals surface area (Å²) in [6.45, 7) is 5.06. The molecule has 0 radical (unpaired) electrons. The molecule has 4 unspecified atom stereocenters. The summed E-state index contributed by atoms with van der Waals surface area (Å²) < 4.78 is 0. The second-order valence-electron chi connectivity index (χ2n) is 6.46. The average molecular weight is 336 g/mol. The highest BCUT2D eigenvalue weighted by Crippen LogP contribution is 2.59. The minimum Gasteiger partial charge on any atom is -0.355 e. The van der Waals surface area contributed by atoms with Crippen molar-refractivity contribution in [1.29, 1.82) is 0 Å². The summed E-state index contributed by atoms with van der Waals surface area (Å²) in [6, 6.07) is 8.63. The Bertz CT molecular complexity index is 513. The Morgan fingerprint density at radius 3 is 2.90 bits per heavy atom. The van der Waals surface area contributed by atoms with Gasteiger partial charge in [0.2, 0.25) is 5.91 Å². The van der Waals surface area contributed by atoms with E-state index in [-0.39, 0.29) is 11.8 Å². The normalized spacial score (nSPS) is 28.5. The molecular weight excluding hydrogens is 314 g/mol. The van der Waals surface area contributed by atoms with Gasteiger partial charge in [0.15, 0.2) is 0 Å². The van der Waals surface area contributed by atoms with Crippen molar-refractivity contribution in [3.63, 3.8) is 0 Å². The van der Waals surface area contributed by atoms with Crippen LogP contribution in [0.2, 0.25) is 0 Å². The highest BCUT2D eigenvalue weighted by molar-refractivity contribution is 9.09. The molecule has 108 valence electrons. The van der Waals surface area contributed by atoms with E-state index in [4.69, 9.17) is 0 Å². The number of rotatable bonds is 4. The van der Waals surface area contributed by atoms with Crippen LogP contribution in [-0.4, -0.2) is 17.3 Å². The van der Waals surface area contributed by atoms with Crippen LogP contribution in [0.3, 0.4) is 0 Å². The molecule has 1 amide bonds. The van der Waals surface area contributed by atoms with Crippen molar-refractivity contribution in [2.24, 2.45) is 17.8 Å². The number of carbonyl (C=O) groups excluding carboxylic acids is 1. The minimum absolute atomic E-state index is 0.213. The van der Waals surface area contributed by atoms with Crippen LogP contribution in [0, 0.1) is 17.8 Å². The Labute approximate surface area is 129 Å². The third-order valence-corrected chi connectivity index (χ3v) is 6.21. The summed E-state index contributed by atoms with van der Waals surface area (Å²) in [4.78, 5) is 12.7. The smallest absolute Gasteiger partial charge is 0.224 e. The Balaban J connectivity index is 1.63. The molecule has 0 bridgehead atoms. The Kier molecular flexibility index (Phi) is 3.89. The highest BCUT2D eigenvalue weighted by Gasteiger charge is 2.56. The predicted molar refractivity (Wildman–Crippen MR) is 85.0 cm³/mol. The summed E-state index contributed by atoms with van der Waals surface area (Å²) >= 11 is 3.63. The third kappa shape index (κ3) is 2.52. The van der Waals surface area contributed by atoms with Gasteiger partial charge in [-0.2, -0.15) is 0 Å². The summed E-state index contributed by atoms with van der Waals surface area (Å²) in [7, 11) is 0. The molecule has 0 aliphatic heterocycles. The van der Waals surface area contributed by atoms with E-state index in [1.165, 1.54) is 17.5 Å². The number of carbonyl (C=O) groups is 1. The number of fused-ring (bicyclic) bond motifs is 3. The van der Waals surface area contributed by atoms with Gasteiger partial charge in [0, 0.05) is 17.3 Å². The van der Waals surface area contributed by atoms with Gasteiger partial charge >= 0.3 is 0 Å². The first kappa shape index (κ1) is 14.1. The maximum absolute atomic E-state index is 12.4. The highest BCUT2D eigenvalue weighted by atomic mass is 79.9. The zero-order chi connectivity index (χ0) is 14.3. The number of amides is 1. The monoisotopic (exact) mass is 335 g/mol. The molecule has 0 spiro atoms. The van der Waals surface area contributed by atoms with Crippen LogP contribution in [0.4, 0.5) is 0 Å². The summed E-state index contributed by atoms with van der Waals surface area (Å²) in [5.74, 6) is 2.07. The Morgan fingerprint density at radius 2 is 2.15 bits per heavy atom. The maximum atomic E-state index is 12.4. The quantitative estimate of drug-likeness (QED) is 0.838. The van der Waals surface area contributed by atoms with Gasteiger partial charge in [-0.05, 0) is 41.7 Å². The van der Waals surface area contributed by atoms with Crippen molar-refractivity contribution in [2.45, 2.75) is 37.4 Å². The van der Waals surface area contributed by atoms with Gasteiger partial charge in [-0.15, -0.1) is 0 Å². The SMILES string of the molecule is CC(C)C(Br)CNC(=O)C1C2CCc3ccccc3C21. The standard InChI is InChI=1S/C17H22BrNO/c1-10(2)14(18)9-19-17(20)16-13-8-7-11-5-3-4-6-12(11)15(13)16/h3-6,10,13-16H,7-9H2,1-2H3,(H,19,20). The van der Waals surface area contributed by atoms with Crippen LogP contribution in [0.25, 0.3) is 0 Å². The molecule has 0 heterocycles. The number of benzene rings is 1. The second kappa shape index (κ2) is 5.51. The molecule has 2 nitrogen and oxygen atoms in total. The molecule has 1 aromatic carbocycles. The zero-order valence-electron chi connectivity index (χ0n) is 12.1. The first-order valence-electron chi connectivity index (χ1n) is 7.59. The molecule has 3 heteroatoms. The van der Waals surface area contributed by atoms with Crippen molar-refractivity contribution in [3.8, 4) is 0 Å². The summed E-state index contributed by atoms with van der Waals surface area (Å²) in [6.07, 6.45) is 2.30. The molecule has 1 N–H and O–H groups in total. The molecule has 0 saturated heterocycles. The number of nitrogens with one attached hydrogen (secondary N) is 1. The van der Waals surface area contributed by atoms with Gasteiger partial charge in [-0.3, -0.25) is 4.79 Å². The third-order valence-electron chi connectivity index (χ3n) is 4.83. The Morgan fingerprint density at radius 1 is 1.40 bits per heavy atom. The van der Waals surface area contributed by atoms with Crippen LogP contribution in [0.1, 0.15) is 37.3 Å². The largest absolute Gasteiger partial charge is 0.355 e. The van der Waals surface area contributed by atoms with E-state index in [0.717, 1.165) is 13.0 Å². The molecule has 1 saturated carbocycles. The van der Waals surface area contributed by atoms with E-state index in [0.29, 0.717) is 22.6 Å². The molecule has 0 aromatic heterocycles. The molecule has 1 fully saturated rings. The predicted octanol–water partition coefficient (Wildman–Crippen LogP) is 3.50. The van der Waals surface area contributed by atoms with Gasteiger partial charge < -0.3 is 5.32 Å².